The van der Waals surface area contributed by atoms with Crippen molar-refractivity contribution in [3.63, 3.8) is 0 Å². The van der Waals surface area contributed by atoms with Crippen LogP contribution in [0.25, 0.3) is 0 Å². The molecule has 31 heavy (non-hydrogen) atoms. The second-order valence-electron chi connectivity index (χ2n) is 7.09. The number of aromatic nitrogens is 2. The predicted molar refractivity (Wildman–Crippen MR) is 119 cm³/mol. The van der Waals surface area contributed by atoms with E-state index in [1.54, 1.807) is 19.1 Å². The highest BCUT2D eigenvalue weighted by atomic mass is 32.2. The quantitative estimate of drug-likeness (QED) is 0.318. The molecule has 0 amide bonds. The van der Waals surface area contributed by atoms with Crippen LogP contribution < -0.4 is 10.9 Å². The molecule has 2 aromatic carbocycles. The zero-order valence-corrected chi connectivity index (χ0v) is 17.8. The first-order valence-corrected chi connectivity index (χ1v) is 10.6. The van der Waals surface area contributed by atoms with Gasteiger partial charge in [-0.2, -0.15) is 0 Å². The first-order valence-electron chi connectivity index (χ1n) is 9.64. The summed E-state index contributed by atoms with van der Waals surface area (Å²) in [6, 6.07) is 16.3. The minimum atomic E-state index is -0.672. The molecule has 0 saturated carbocycles. The van der Waals surface area contributed by atoms with Crippen molar-refractivity contribution < 1.29 is 14.6 Å². The molecule has 3 N–H and O–H groups in total. The van der Waals surface area contributed by atoms with Gasteiger partial charge >= 0.3 is 5.97 Å². The third-order valence-corrected chi connectivity index (χ3v) is 6.02. The number of thioether (sulfide) groups is 1. The Kier molecular flexibility index (Phi) is 5.81. The number of anilines is 1. The number of rotatable bonds is 5. The van der Waals surface area contributed by atoms with Crippen molar-refractivity contribution in [2.45, 2.75) is 23.8 Å². The maximum atomic E-state index is 13.1. The summed E-state index contributed by atoms with van der Waals surface area (Å²) < 4.78 is 4.98. The van der Waals surface area contributed by atoms with Gasteiger partial charge in [0, 0.05) is 11.4 Å². The summed E-state index contributed by atoms with van der Waals surface area (Å²) in [6.45, 7) is 1.75. The van der Waals surface area contributed by atoms with Gasteiger partial charge in [0.05, 0.1) is 24.2 Å². The summed E-state index contributed by atoms with van der Waals surface area (Å²) in [5.74, 6) is -0.0449. The van der Waals surface area contributed by atoms with Gasteiger partial charge in [0.2, 0.25) is 0 Å². The third-order valence-electron chi connectivity index (χ3n) is 5.07. The van der Waals surface area contributed by atoms with Crippen molar-refractivity contribution in [3.05, 3.63) is 92.9 Å². The van der Waals surface area contributed by atoms with Crippen LogP contribution in [0.4, 0.5) is 5.82 Å². The molecule has 0 bridgehead atoms. The number of nitrogens with one attached hydrogen (secondary N) is 2. The molecule has 3 aromatic rings. The SMILES string of the molecule is COC(=O)C1=C(C)Nc2nc(SCc3ccccc3)[nH]c(=O)c2C1c1ccc(O)cc1. The van der Waals surface area contributed by atoms with Crippen LogP contribution in [0.15, 0.2) is 75.8 Å². The van der Waals surface area contributed by atoms with Gasteiger partial charge in [-0.15, -0.1) is 0 Å². The smallest absolute Gasteiger partial charge is 0.336 e. The van der Waals surface area contributed by atoms with Crippen LogP contribution in [0.1, 0.15) is 29.5 Å². The van der Waals surface area contributed by atoms with Crippen molar-refractivity contribution in [1.29, 1.82) is 0 Å². The van der Waals surface area contributed by atoms with Gasteiger partial charge in [-0.05, 0) is 30.2 Å². The number of nitrogens with zero attached hydrogens (tertiary/aromatic N) is 1. The summed E-state index contributed by atoms with van der Waals surface area (Å²) in [6.07, 6.45) is 0. The van der Waals surface area contributed by atoms with E-state index in [1.165, 1.54) is 31.0 Å². The fourth-order valence-electron chi connectivity index (χ4n) is 3.61. The molecule has 0 aliphatic carbocycles. The van der Waals surface area contributed by atoms with E-state index in [2.05, 4.69) is 15.3 Å². The largest absolute Gasteiger partial charge is 0.508 e. The van der Waals surface area contributed by atoms with Crippen molar-refractivity contribution in [1.82, 2.24) is 9.97 Å². The molecule has 1 atom stereocenters. The number of aromatic hydroxyl groups is 1. The van der Waals surface area contributed by atoms with Crippen molar-refractivity contribution in [3.8, 4) is 5.75 Å². The molecule has 0 fully saturated rings. The summed E-state index contributed by atoms with van der Waals surface area (Å²) in [5, 5.41) is 13.3. The number of esters is 1. The molecule has 1 aliphatic heterocycles. The number of allylic oxidation sites excluding steroid dienone is 1. The number of hydrogen-bond acceptors (Lipinski definition) is 7. The topological polar surface area (TPSA) is 104 Å². The molecular formula is C23H21N3O4S. The highest BCUT2D eigenvalue weighted by Crippen LogP contribution is 2.40. The molecule has 0 radical (unpaired) electrons. The Balaban J connectivity index is 1.77. The second-order valence-corrected chi connectivity index (χ2v) is 8.05. The molecule has 8 heteroatoms. The molecule has 0 spiro atoms. The number of benzene rings is 2. The van der Waals surface area contributed by atoms with Crippen LogP contribution in [0.5, 0.6) is 5.75 Å². The van der Waals surface area contributed by atoms with Crippen molar-refractivity contribution in [2.75, 3.05) is 12.4 Å². The number of phenolic OH excluding ortho intramolecular Hbond substituents is 1. The number of ether oxygens (including phenoxy) is 1. The number of aromatic amines is 1. The monoisotopic (exact) mass is 435 g/mol. The minimum Gasteiger partial charge on any atom is -0.508 e. The van der Waals surface area contributed by atoms with Crippen molar-refractivity contribution in [2.24, 2.45) is 0 Å². The molecular weight excluding hydrogens is 414 g/mol. The lowest BCUT2D eigenvalue weighted by Crippen LogP contribution is -2.30. The Morgan fingerprint density at radius 1 is 1.16 bits per heavy atom. The number of carbonyl (C=O) groups is 1. The highest BCUT2D eigenvalue weighted by Gasteiger charge is 2.36. The summed E-state index contributed by atoms with van der Waals surface area (Å²) in [7, 11) is 1.30. The minimum absolute atomic E-state index is 0.0953. The molecule has 4 rings (SSSR count). The molecule has 1 aromatic heterocycles. The average molecular weight is 436 g/mol. The van der Waals surface area contributed by atoms with E-state index in [1.807, 2.05) is 30.3 Å². The Bertz CT molecular complexity index is 1200. The lowest BCUT2D eigenvalue weighted by atomic mass is 9.82. The molecule has 0 saturated heterocycles. The summed E-state index contributed by atoms with van der Waals surface area (Å²) in [4.78, 5) is 33.2. The van der Waals surface area contributed by atoms with E-state index in [-0.39, 0.29) is 11.3 Å². The maximum absolute atomic E-state index is 13.1. The third kappa shape index (κ3) is 4.20. The van der Waals surface area contributed by atoms with Gasteiger partial charge in [0.1, 0.15) is 11.6 Å². The fraction of sp³-hybridized carbons (Fsp3) is 0.174. The number of carbonyl (C=O) groups excluding carboxylic acids is 1. The number of fused-ring (bicyclic) bond motifs is 1. The van der Waals surface area contributed by atoms with E-state index < -0.39 is 11.9 Å². The van der Waals surface area contributed by atoms with Crippen molar-refractivity contribution >= 4 is 23.5 Å². The number of H-pyrrole nitrogens is 1. The van der Waals surface area contributed by atoms with Crippen LogP contribution in [-0.4, -0.2) is 28.2 Å². The van der Waals surface area contributed by atoms with E-state index in [4.69, 9.17) is 4.74 Å². The number of hydrogen-bond donors (Lipinski definition) is 3. The van der Waals surface area contributed by atoms with Gasteiger partial charge in [-0.3, -0.25) is 4.79 Å². The second kappa shape index (κ2) is 8.69. The molecule has 2 heterocycles. The van der Waals surface area contributed by atoms with Gasteiger partial charge < -0.3 is 20.1 Å². The Morgan fingerprint density at radius 3 is 2.55 bits per heavy atom. The van der Waals surface area contributed by atoms with Crippen LogP contribution in [0, 0.1) is 0 Å². The zero-order chi connectivity index (χ0) is 22.0. The number of phenols is 1. The predicted octanol–water partition coefficient (Wildman–Crippen LogP) is 3.77. The van der Waals surface area contributed by atoms with Gasteiger partial charge in [-0.25, -0.2) is 9.78 Å². The van der Waals surface area contributed by atoms with Crippen LogP contribution in [0.2, 0.25) is 0 Å². The van der Waals surface area contributed by atoms with E-state index in [9.17, 15) is 14.7 Å². The lowest BCUT2D eigenvalue weighted by Gasteiger charge is -2.28. The standard InChI is InChI=1S/C23H21N3O4S/c1-13-17(22(29)30-2)18(15-8-10-16(27)11-9-15)19-20(24-13)25-23(26-21(19)28)31-12-14-6-4-3-5-7-14/h3-11,18,27H,12H2,1-2H3,(H2,24,25,26,28). The Labute approximate surface area is 183 Å². The molecule has 1 aliphatic rings. The van der Waals surface area contributed by atoms with Gasteiger partial charge in [0.15, 0.2) is 5.16 Å². The highest BCUT2D eigenvalue weighted by molar-refractivity contribution is 7.98. The molecule has 1 unspecified atom stereocenters. The lowest BCUT2D eigenvalue weighted by molar-refractivity contribution is -0.136. The first-order chi connectivity index (χ1) is 15.0. The van der Waals surface area contributed by atoms with E-state index in [0.717, 1.165) is 5.56 Å². The van der Waals surface area contributed by atoms with Gasteiger partial charge in [0.25, 0.3) is 5.56 Å². The normalized spacial score (nSPS) is 15.2. The Hall–Kier alpha value is -3.52. The number of methoxy groups -OCH3 is 1. The van der Waals surface area contributed by atoms with Gasteiger partial charge in [-0.1, -0.05) is 54.2 Å². The van der Waals surface area contributed by atoms with E-state index >= 15 is 0 Å². The zero-order valence-electron chi connectivity index (χ0n) is 17.0. The fourth-order valence-corrected chi connectivity index (χ4v) is 4.42. The molecule has 158 valence electrons. The molecule has 7 nitrogen and oxygen atoms in total. The average Bonchev–Trinajstić information content (AvgIpc) is 2.77. The first kappa shape index (κ1) is 20.7. The van der Waals surface area contributed by atoms with Crippen LogP contribution >= 0.6 is 11.8 Å². The van der Waals surface area contributed by atoms with Crippen LogP contribution in [-0.2, 0) is 15.3 Å². The Morgan fingerprint density at radius 2 is 1.87 bits per heavy atom. The summed E-state index contributed by atoms with van der Waals surface area (Å²) in [5.41, 5.74) is 2.69. The van der Waals surface area contributed by atoms with Crippen LogP contribution in [0.3, 0.4) is 0 Å². The van der Waals surface area contributed by atoms with E-state index in [0.29, 0.717) is 39.1 Å². The summed E-state index contributed by atoms with van der Waals surface area (Å²) >= 11 is 1.42. The maximum Gasteiger partial charge on any atom is 0.336 e.